The quantitative estimate of drug-likeness (QED) is 0.215. The van der Waals surface area contributed by atoms with Gasteiger partial charge in [-0.15, -0.1) is 0 Å². The summed E-state index contributed by atoms with van der Waals surface area (Å²) < 4.78 is 0. The highest BCUT2D eigenvalue weighted by Crippen LogP contribution is 2.39. The summed E-state index contributed by atoms with van der Waals surface area (Å²) in [5.41, 5.74) is 7.11. The fourth-order valence-electron chi connectivity index (χ4n) is 5.95. The Kier molecular flexibility index (Phi) is 5.46. The molecule has 0 amide bonds. The summed E-state index contributed by atoms with van der Waals surface area (Å²) in [6.45, 7) is 0. The van der Waals surface area contributed by atoms with Crippen LogP contribution >= 0.6 is 0 Å². The zero-order valence-electron chi connectivity index (χ0n) is 22.3. The molecule has 0 unspecified atom stereocenters. The molecule has 0 aliphatic carbocycles. The molecule has 0 aliphatic rings. The van der Waals surface area contributed by atoms with Crippen molar-refractivity contribution >= 4 is 60.4 Å². The van der Waals surface area contributed by atoms with Crippen LogP contribution in [0.4, 0.5) is 17.1 Å². The monoisotopic (exact) mass is 523 g/mol. The van der Waals surface area contributed by atoms with E-state index in [-0.39, 0.29) is 0 Å². The number of benzene rings is 7. The van der Waals surface area contributed by atoms with E-state index in [1.807, 2.05) is 6.20 Å². The lowest BCUT2D eigenvalue weighted by atomic mass is 9.99. The van der Waals surface area contributed by atoms with Crippen molar-refractivity contribution in [1.29, 1.82) is 0 Å². The number of hydrogen-bond acceptors (Lipinski definition) is 3. The minimum absolute atomic E-state index is 0.862. The van der Waals surface area contributed by atoms with Crippen LogP contribution < -0.4 is 4.90 Å². The van der Waals surface area contributed by atoms with E-state index in [1.54, 1.807) is 0 Å². The van der Waals surface area contributed by atoms with Crippen LogP contribution in [-0.2, 0) is 0 Å². The van der Waals surface area contributed by atoms with Gasteiger partial charge in [0.05, 0.1) is 28.6 Å². The highest BCUT2D eigenvalue weighted by molar-refractivity contribution is 6.23. The third-order valence-corrected chi connectivity index (χ3v) is 7.87. The number of aromatic nitrogens is 2. The third kappa shape index (κ3) is 3.90. The topological polar surface area (TPSA) is 29.0 Å². The Bertz CT molecular complexity index is 2160. The second-order valence-electron chi connectivity index (χ2n) is 10.3. The van der Waals surface area contributed by atoms with Crippen LogP contribution in [0.2, 0.25) is 0 Å². The van der Waals surface area contributed by atoms with E-state index < -0.39 is 0 Å². The van der Waals surface area contributed by atoms with Gasteiger partial charge in [-0.3, -0.25) is 4.98 Å². The summed E-state index contributed by atoms with van der Waals surface area (Å²) in [4.78, 5) is 12.4. The fraction of sp³-hybridized carbons (Fsp3) is 0. The molecule has 3 heteroatoms. The summed E-state index contributed by atoms with van der Waals surface area (Å²) in [7, 11) is 0. The first kappa shape index (κ1) is 23.4. The first-order valence-electron chi connectivity index (χ1n) is 13.8. The Morgan fingerprint density at radius 3 is 1.71 bits per heavy atom. The minimum atomic E-state index is 0.862. The number of fused-ring (bicyclic) bond motifs is 7. The van der Waals surface area contributed by atoms with Crippen LogP contribution in [0.1, 0.15) is 0 Å². The van der Waals surface area contributed by atoms with Crippen molar-refractivity contribution in [2.45, 2.75) is 0 Å². The number of para-hydroxylation sites is 1. The molecule has 7 aromatic carbocycles. The molecular formula is C38H25N3. The van der Waals surface area contributed by atoms with Crippen LogP contribution in [0, 0.1) is 0 Å². The van der Waals surface area contributed by atoms with Crippen molar-refractivity contribution in [2.75, 3.05) is 4.90 Å². The predicted octanol–water partition coefficient (Wildman–Crippen LogP) is 10.2. The van der Waals surface area contributed by atoms with Gasteiger partial charge in [0.2, 0.25) is 0 Å². The zero-order chi connectivity index (χ0) is 27.2. The maximum atomic E-state index is 5.18. The lowest BCUT2D eigenvalue weighted by Gasteiger charge is -2.27. The molecular weight excluding hydrogens is 498 g/mol. The number of hydrogen-bond donors (Lipinski definition) is 0. The Morgan fingerprint density at radius 1 is 0.415 bits per heavy atom. The van der Waals surface area contributed by atoms with E-state index in [0.717, 1.165) is 50.1 Å². The molecule has 0 aliphatic heterocycles. The second-order valence-corrected chi connectivity index (χ2v) is 10.3. The van der Waals surface area contributed by atoms with Crippen LogP contribution in [0.25, 0.3) is 54.6 Å². The molecule has 192 valence electrons. The number of anilines is 3. The molecule has 0 saturated heterocycles. The Morgan fingerprint density at radius 2 is 0.976 bits per heavy atom. The number of nitrogens with zero attached hydrogens (tertiary/aromatic N) is 3. The van der Waals surface area contributed by atoms with E-state index in [1.165, 1.54) is 21.5 Å². The van der Waals surface area contributed by atoms with E-state index in [2.05, 4.69) is 150 Å². The molecule has 0 atom stereocenters. The lowest BCUT2D eigenvalue weighted by molar-refractivity contribution is 1.28. The molecule has 8 rings (SSSR count). The standard InChI is InChI=1S/C38H25N3/c1-2-13-28(14-3-1)41(36-20-10-12-26-11-4-5-15-30(26)36)29-23-21-27(22-24-29)35-25-39-37-33-18-8-6-16-31(33)32-17-7-9-19-34(32)38(37)40-35/h1-25H. The summed E-state index contributed by atoms with van der Waals surface area (Å²) >= 11 is 0. The molecule has 0 bridgehead atoms. The zero-order valence-corrected chi connectivity index (χ0v) is 22.3. The Labute approximate surface area is 238 Å². The third-order valence-electron chi connectivity index (χ3n) is 7.87. The van der Waals surface area contributed by atoms with Crippen LogP contribution in [-0.4, -0.2) is 9.97 Å². The van der Waals surface area contributed by atoms with Gasteiger partial charge in [0.15, 0.2) is 0 Å². The maximum absolute atomic E-state index is 5.18. The Hall–Kier alpha value is -5.54. The van der Waals surface area contributed by atoms with Crippen LogP contribution in [0.5, 0.6) is 0 Å². The van der Waals surface area contributed by atoms with Crippen molar-refractivity contribution in [3.63, 3.8) is 0 Å². The summed E-state index contributed by atoms with van der Waals surface area (Å²) in [5.74, 6) is 0. The molecule has 0 fully saturated rings. The Balaban J connectivity index is 1.27. The van der Waals surface area contributed by atoms with Gasteiger partial charge in [0, 0.05) is 33.1 Å². The van der Waals surface area contributed by atoms with E-state index >= 15 is 0 Å². The minimum Gasteiger partial charge on any atom is -0.310 e. The maximum Gasteiger partial charge on any atom is 0.0979 e. The van der Waals surface area contributed by atoms with Gasteiger partial charge in [0.1, 0.15) is 0 Å². The molecule has 0 N–H and O–H groups in total. The lowest BCUT2D eigenvalue weighted by Crippen LogP contribution is -2.10. The van der Waals surface area contributed by atoms with Gasteiger partial charge in [-0.2, -0.15) is 0 Å². The van der Waals surface area contributed by atoms with Crippen molar-refractivity contribution in [3.8, 4) is 11.3 Å². The van der Waals surface area contributed by atoms with Crippen LogP contribution in [0.3, 0.4) is 0 Å². The molecule has 0 radical (unpaired) electrons. The molecule has 1 heterocycles. The highest BCUT2D eigenvalue weighted by atomic mass is 15.1. The molecule has 3 nitrogen and oxygen atoms in total. The van der Waals surface area contributed by atoms with Crippen molar-refractivity contribution in [2.24, 2.45) is 0 Å². The predicted molar refractivity (Wildman–Crippen MR) is 172 cm³/mol. The van der Waals surface area contributed by atoms with Gasteiger partial charge >= 0.3 is 0 Å². The average Bonchev–Trinajstić information content (AvgIpc) is 3.06. The van der Waals surface area contributed by atoms with Gasteiger partial charge in [-0.1, -0.05) is 115 Å². The molecule has 1 aromatic heterocycles. The van der Waals surface area contributed by atoms with Gasteiger partial charge in [-0.25, -0.2) is 4.98 Å². The van der Waals surface area contributed by atoms with E-state index in [4.69, 9.17) is 9.97 Å². The summed E-state index contributed by atoms with van der Waals surface area (Å²) in [6, 6.07) is 51.1. The molecule has 0 spiro atoms. The molecule has 8 aromatic rings. The fourth-order valence-corrected chi connectivity index (χ4v) is 5.95. The van der Waals surface area contributed by atoms with E-state index in [0.29, 0.717) is 0 Å². The highest BCUT2D eigenvalue weighted by Gasteiger charge is 2.16. The summed E-state index contributed by atoms with van der Waals surface area (Å²) in [6.07, 6.45) is 1.90. The second kappa shape index (κ2) is 9.58. The van der Waals surface area contributed by atoms with Crippen molar-refractivity contribution in [1.82, 2.24) is 9.97 Å². The van der Waals surface area contributed by atoms with Gasteiger partial charge < -0.3 is 4.90 Å². The SMILES string of the molecule is c1ccc(N(c2ccc(-c3cnc4c5ccccc5c5ccccc5c4n3)cc2)c2cccc3ccccc23)cc1. The smallest absolute Gasteiger partial charge is 0.0979 e. The van der Waals surface area contributed by atoms with Crippen molar-refractivity contribution in [3.05, 3.63) is 152 Å². The van der Waals surface area contributed by atoms with Gasteiger partial charge in [-0.05, 0) is 46.5 Å². The van der Waals surface area contributed by atoms with Crippen molar-refractivity contribution < 1.29 is 0 Å². The van der Waals surface area contributed by atoms with E-state index in [9.17, 15) is 0 Å². The largest absolute Gasteiger partial charge is 0.310 e. The first-order valence-corrected chi connectivity index (χ1v) is 13.8. The normalized spacial score (nSPS) is 11.4. The molecule has 0 saturated carbocycles. The van der Waals surface area contributed by atoms with Crippen LogP contribution in [0.15, 0.2) is 152 Å². The summed E-state index contributed by atoms with van der Waals surface area (Å²) in [5, 5.41) is 7.08. The average molecular weight is 524 g/mol. The number of rotatable bonds is 4. The van der Waals surface area contributed by atoms with Gasteiger partial charge in [0.25, 0.3) is 0 Å². The molecule has 41 heavy (non-hydrogen) atoms. The first-order chi connectivity index (χ1) is 20.3.